The summed E-state index contributed by atoms with van der Waals surface area (Å²) in [6.07, 6.45) is 0. The normalized spacial score (nSPS) is 11.7. The molecule has 0 aliphatic heterocycles. The fourth-order valence-electron chi connectivity index (χ4n) is 5.10. The second kappa shape index (κ2) is 7.26. The second-order valence-corrected chi connectivity index (χ2v) is 8.73. The van der Waals surface area contributed by atoms with E-state index in [0.29, 0.717) is 0 Å². The third-order valence-electron chi connectivity index (χ3n) is 6.81. The summed E-state index contributed by atoms with van der Waals surface area (Å²) in [4.78, 5) is 2.25. The van der Waals surface area contributed by atoms with E-state index < -0.39 is 0 Å². The van der Waals surface area contributed by atoms with Gasteiger partial charge in [0.1, 0.15) is 11.2 Å². The zero-order chi connectivity index (χ0) is 22.6. The maximum Gasteiger partial charge on any atom is 0.135 e. The third kappa shape index (κ3) is 2.77. The molecule has 0 saturated heterocycles. The Labute approximate surface area is 197 Å². The quantitative estimate of drug-likeness (QED) is 0.276. The number of fused-ring (bicyclic) bond motifs is 6. The van der Waals surface area contributed by atoms with Crippen LogP contribution in [-0.2, 0) is 0 Å². The van der Waals surface area contributed by atoms with E-state index in [9.17, 15) is 0 Å². The second-order valence-electron chi connectivity index (χ2n) is 8.73. The molecule has 7 rings (SSSR count). The SMILES string of the molecule is CN(c1ccc2oc3ccccc3c2c1)c1ccc2c(c1)c1ccccc1n2-c1ccccc1. The van der Waals surface area contributed by atoms with Crippen molar-refractivity contribution < 1.29 is 4.42 Å². The molecule has 2 aromatic heterocycles. The predicted octanol–water partition coefficient (Wildman–Crippen LogP) is 8.45. The van der Waals surface area contributed by atoms with E-state index in [0.717, 1.165) is 33.3 Å². The number of rotatable bonds is 3. The topological polar surface area (TPSA) is 21.3 Å². The number of furan rings is 1. The van der Waals surface area contributed by atoms with E-state index in [1.807, 2.05) is 12.1 Å². The van der Waals surface area contributed by atoms with Crippen molar-refractivity contribution in [3.63, 3.8) is 0 Å². The highest BCUT2D eigenvalue weighted by Gasteiger charge is 2.15. The molecule has 0 aliphatic carbocycles. The van der Waals surface area contributed by atoms with Crippen LogP contribution in [0.4, 0.5) is 11.4 Å². The van der Waals surface area contributed by atoms with Crippen LogP contribution in [0.5, 0.6) is 0 Å². The molecule has 0 amide bonds. The first-order chi connectivity index (χ1) is 16.8. The Morgan fingerprint density at radius 1 is 0.529 bits per heavy atom. The van der Waals surface area contributed by atoms with Gasteiger partial charge in [0.05, 0.1) is 11.0 Å². The van der Waals surface area contributed by atoms with Gasteiger partial charge in [0.15, 0.2) is 0 Å². The van der Waals surface area contributed by atoms with Gasteiger partial charge >= 0.3 is 0 Å². The van der Waals surface area contributed by atoms with Gasteiger partial charge in [-0.15, -0.1) is 0 Å². The first-order valence-corrected chi connectivity index (χ1v) is 11.5. The summed E-state index contributed by atoms with van der Waals surface area (Å²) < 4.78 is 8.37. The summed E-state index contributed by atoms with van der Waals surface area (Å²) in [6, 6.07) is 40.6. The highest BCUT2D eigenvalue weighted by atomic mass is 16.3. The summed E-state index contributed by atoms with van der Waals surface area (Å²) in [5.41, 5.74) is 7.72. The average Bonchev–Trinajstić information content (AvgIpc) is 3.43. The predicted molar refractivity (Wildman–Crippen MR) is 143 cm³/mol. The van der Waals surface area contributed by atoms with Crippen molar-refractivity contribution in [2.45, 2.75) is 0 Å². The lowest BCUT2D eigenvalue weighted by Gasteiger charge is -2.20. The van der Waals surface area contributed by atoms with Gasteiger partial charge in [-0.1, -0.05) is 54.6 Å². The van der Waals surface area contributed by atoms with Gasteiger partial charge in [-0.25, -0.2) is 0 Å². The van der Waals surface area contributed by atoms with E-state index in [4.69, 9.17) is 4.42 Å². The lowest BCUT2D eigenvalue weighted by Crippen LogP contribution is -2.09. The van der Waals surface area contributed by atoms with Gasteiger partial charge < -0.3 is 13.9 Å². The van der Waals surface area contributed by atoms with Gasteiger partial charge in [0.25, 0.3) is 0 Å². The first kappa shape index (κ1) is 19.0. The third-order valence-corrected chi connectivity index (χ3v) is 6.81. The van der Waals surface area contributed by atoms with Crippen LogP contribution in [-0.4, -0.2) is 11.6 Å². The molecular formula is C31H22N2O. The lowest BCUT2D eigenvalue weighted by atomic mass is 10.1. The average molecular weight is 439 g/mol. The molecule has 0 aliphatic rings. The zero-order valence-electron chi connectivity index (χ0n) is 18.8. The Morgan fingerprint density at radius 2 is 1.15 bits per heavy atom. The van der Waals surface area contributed by atoms with Crippen molar-refractivity contribution in [1.29, 1.82) is 0 Å². The van der Waals surface area contributed by atoms with Crippen LogP contribution in [0.1, 0.15) is 0 Å². The molecule has 0 saturated carbocycles. The molecule has 0 spiro atoms. The van der Waals surface area contributed by atoms with E-state index >= 15 is 0 Å². The molecule has 0 N–H and O–H groups in total. The number of benzene rings is 5. The van der Waals surface area contributed by atoms with Crippen LogP contribution in [0.3, 0.4) is 0 Å². The minimum Gasteiger partial charge on any atom is -0.456 e. The minimum atomic E-state index is 0.916. The van der Waals surface area contributed by atoms with Gasteiger partial charge in [0, 0.05) is 45.7 Å². The van der Waals surface area contributed by atoms with E-state index in [1.54, 1.807) is 0 Å². The number of nitrogens with zero attached hydrogens (tertiary/aromatic N) is 2. The smallest absolute Gasteiger partial charge is 0.135 e. The highest BCUT2D eigenvalue weighted by molar-refractivity contribution is 6.10. The van der Waals surface area contributed by atoms with Crippen LogP contribution in [0, 0.1) is 0 Å². The van der Waals surface area contributed by atoms with Gasteiger partial charge in [-0.05, 0) is 60.7 Å². The number of hydrogen-bond donors (Lipinski definition) is 0. The number of hydrogen-bond acceptors (Lipinski definition) is 2. The number of para-hydroxylation sites is 3. The van der Waals surface area contributed by atoms with Crippen molar-refractivity contribution in [1.82, 2.24) is 4.57 Å². The minimum absolute atomic E-state index is 0.916. The van der Waals surface area contributed by atoms with Gasteiger partial charge in [0.2, 0.25) is 0 Å². The van der Waals surface area contributed by atoms with Crippen LogP contribution in [0.25, 0.3) is 49.4 Å². The summed E-state index contributed by atoms with van der Waals surface area (Å²) in [6.45, 7) is 0. The molecule has 162 valence electrons. The standard InChI is InChI=1S/C31H22N2O/c1-32(23-16-18-31-27(20-23)25-12-6-8-14-30(25)34-31)22-15-17-29-26(19-22)24-11-5-7-13-28(24)33(29)21-9-3-2-4-10-21/h2-20H,1H3. The summed E-state index contributed by atoms with van der Waals surface area (Å²) in [5.74, 6) is 0. The summed E-state index contributed by atoms with van der Waals surface area (Å²) >= 11 is 0. The van der Waals surface area contributed by atoms with Crippen molar-refractivity contribution in [2.24, 2.45) is 0 Å². The van der Waals surface area contributed by atoms with Gasteiger partial charge in [-0.2, -0.15) is 0 Å². The molecule has 0 bridgehead atoms. The Hall–Kier alpha value is -4.50. The maximum atomic E-state index is 6.02. The lowest BCUT2D eigenvalue weighted by molar-refractivity contribution is 0.669. The van der Waals surface area contributed by atoms with Crippen molar-refractivity contribution in [3.8, 4) is 5.69 Å². The molecular weight excluding hydrogens is 416 g/mol. The molecule has 34 heavy (non-hydrogen) atoms. The molecule has 7 aromatic rings. The molecule has 0 unspecified atom stereocenters. The van der Waals surface area contributed by atoms with Crippen molar-refractivity contribution in [3.05, 3.63) is 115 Å². The monoisotopic (exact) mass is 438 g/mol. The van der Waals surface area contributed by atoms with Crippen LogP contribution >= 0.6 is 0 Å². The van der Waals surface area contributed by atoms with Crippen molar-refractivity contribution >= 4 is 55.1 Å². The molecule has 3 heteroatoms. The molecule has 0 fully saturated rings. The number of aromatic nitrogens is 1. The largest absolute Gasteiger partial charge is 0.456 e. The molecule has 0 radical (unpaired) electrons. The number of anilines is 2. The fourth-order valence-corrected chi connectivity index (χ4v) is 5.10. The van der Waals surface area contributed by atoms with E-state index in [2.05, 4.69) is 120 Å². The molecule has 2 heterocycles. The van der Waals surface area contributed by atoms with Crippen molar-refractivity contribution in [2.75, 3.05) is 11.9 Å². The van der Waals surface area contributed by atoms with Crippen LogP contribution in [0.15, 0.2) is 120 Å². The first-order valence-electron chi connectivity index (χ1n) is 11.5. The van der Waals surface area contributed by atoms with E-state index in [1.165, 1.54) is 27.5 Å². The maximum absolute atomic E-state index is 6.02. The van der Waals surface area contributed by atoms with E-state index in [-0.39, 0.29) is 0 Å². The molecule has 3 nitrogen and oxygen atoms in total. The Kier molecular flexibility index (Phi) is 4.06. The molecule has 0 atom stereocenters. The zero-order valence-corrected chi connectivity index (χ0v) is 18.8. The summed E-state index contributed by atoms with van der Waals surface area (Å²) in [7, 11) is 2.13. The fraction of sp³-hybridized carbons (Fsp3) is 0.0323. The Morgan fingerprint density at radius 3 is 2.00 bits per heavy atom. The van der Waals surface area contributed by atoms with Gasteiger partial charge in [-0.3, -0.25) is 0 Å². The Balaban J connectivity index is 1.40. The summed E-state index contributed by atoms with van der Waals surface area (Å²) in [5, 5.41) is 4.79. The Bertz CT molecular complexity index is 1830. The highest BCUT2D eigenvalue weighted by Crippen LogP contribution is 2.37. The van der Waals surface area contributed by atoms with Crippen LogP contribution < -0.4 is 4.90 Å². The molecule has 5 aromatic carbocycles. The van der Waals surface area contributed by atoms with Crippen LogP contribution in [0.2, 0.25) is 0 Å².